The van der Waals surface area contributed by atoms with Crippen LogP contribution in [0.15, 0.2) is 17.5 Å². The zero-order valence-corrected chi connectivity index (χ0v) is 9.02. The molecule has 1 aliphatic heterocycles. The van der Waals surface area contributed by atoms with Crippen molar-refractivity contribution in [2.24, 2.45) is 5.92 Å². The van der Waals surface area contributed by atoms with Crippen molar-refractivity contribution in [3.8, 4) is 0 Å². The smallest absolute Gasteiger partial charge is 0.108 e. The van der Waals surface area contributed by atoms with Gasteiger partial charge in [0.25, 0.3) is 0 Å². The molecule has 0 aliphatic carbocycles. The third kappa shape index (κ3) is 2.55. The highest BCUT2D eigenvalue weighted by Gasteiger charge is 2.23. The van der Waals surface area contributed by atoms with Crippen LogP contribution in [0.2, 0.25) is 0 Å². The quantitative estimate of drug-likeness (QED) is 0.814. The Bertz CT molecular complexity index is 254. The van der Waals surface area contributed by atoms with Gasteiger partial charge >= 0.3 is 0 Å². The van der Waals surface area contributed by atoms with E-state index in [-0.39, 0.29) is 5.92 Å². The molecule has 2 rings (SSSR count). The van der Waals surface area contributed by atoms with Gasteiger partial charge in [-0.15, -0.1) is 11.3 Å². The molecule has 1 saturated heterocycles. The fraction of sp³-hybridized carbons (Fsp3) is 0.636. The van der Waals surface area contributed by atoms with Crippen LogP contribution in [0.3, 0.4) is 0 Å². The summed E-state index contributed by atoms with van der Waals surface area (Å²) in [7, 11) is 0. The number of halogens is 1. The van der Waals surface area contributed by atoms with E-state index in [0.717, 1.165) is 25.9 Å². The number of thiophene rings is 1. The Labute approximate surface area is 88.3 Å². The van der Waals surface area contributed by atoms with Crippen LogP contribution in [-0.2, 0) is 6.42 Å². The lowest BCUT2D eigenvalue weighted by Crippen LogP contribution is -2.33. The molecule has 2 heterocycles. The predicted octanol–water partition coefficient (Wildman–Crippen LogP) is 2.63. The van der Waals surface area contributed by atoms with Gasteiger partial charge in [-0.3, -0.25) is 0 Å². The van der Waals surface area contributed by atoms with Crippen molar-refractivity contribution >= 4 is 11.3 Å². The number of hydrogen-bond acceptors (Lipinski definition) is 2. The van der Waals surface area contributed by atoms with Crippen molar-refractivity contribution < 1.29 is 4.39 Å². The summed E-state index contributed by atoms with van der Waals surface area (Å²) in [6.45, 7) is 1.96. The monoisotopic (exact) mass is 213 g/mol. The van der Waals surface area contributed by atoms with Gasteiger partial charge in [-0.1, -0.05) is 6.07 Å². The largest absolute Gasteiger partial charge is 0.317 e. The van der Waals surface area contributed by atoms with E-state index in [2.05, 4.69) is 5.32 Å². The van der Waals surface area contributed by atoms with Gasteiger partial charge in [-0.2, -0.15) is 0 Å². The molecule has 0 bridgehead atoms. The SMILES string of the molecule is FC(Cc1cccs1)C1CCNCC1. The van der Waals surface area contributed by atoms with Crippen molar-refractivity contribution in [2.45, 2.75) is 25.4 Å². The number of hydrogen-bond donors (Lipinski definition) is 1. The molecule has 1 nitrogen and oxygen atoms in total. The maximum Gasteiger partial charge on any atom is 0.108 e. The zero-order chi connectivity index (χ0) is 9.80. The van der Waals surface area contributed by atoms with E-state index in [1.807, 2.05) is 17.5 Å². The van der Waals surface area contributed by atoms with Crippen LogP contribution in [0, 0.1) is 5.92 Å². The molecule has 1 aromatic heterocycles. The average molecular weight is 213 g/mol. The van der Waals surface area contributed by atoms with Crippen LogP contribution in [0.25, 0.3) is 0 Å². The van der Waals surface area contributed by atoms with Gasteiger partial charge in [0, 0.05) is 11.3 Å². The molecule has 0 spiro atoms. The first-order valence-electron chi connectivity index (χ1n) is 5.23. The van der Waals surface area contributed by atoms with E-state index < -0.39 is 6.17 Å². The van der Waals surface area contributed by atoms with Crippen molar-refractivity contribution in [1.29, 1.82) is 0 Å². The third-order valence-electron chi connectivity index (χ3n) is 2.87. The van der Waals surface area contributed by atoms with Gasteiger partial charge in [-0.05, 0) is 43.3 Å². The first kappa shape index (κ1) is 10.1. The van der Waals surface area contributed by atoms with Gasteiger partial charge in [0.2, 0.25) is 0 Å². The molecule has 1 fully saturated rings. The summed E-state index contributed by atoms with van der Waals surface area (Å²) in [5.74, 6) is 0.276. The Kier molecular flexibility index (Phi) is 3.54. The van der Waals surface area contributed by atoms with Crippen molar-refractivity contribution in [3.63, 3.8) is 0 Å². The van der Waals surface area contributed by atoms with Crippen molar-refractivity contribution in [1.82, 2.24) is 5.32 Å². The molecular formula is C11H16FNS. The summed E-state index contributed by atoms with van der Waals surface area (Å²) in [5, 5.41) is 5.28. The van der Waals surface area contributed by atoms with E-state index in [1.165, 1.54) is 4.88 Å². The second-order valence-corrected chi connectivity index (χ2v) is 4.92. The number of rotatable bonds is 3. The van der Waals surface area contributed by atoms with Gasteiger partial charge in [0.05, 0.1) is 0 Å². The summed E-state index contributed by atoms with van der Waals surface area (Å²) >= 11 is 1.66. The summed E-state index contributed by atoms with van der Waals surface area (Å²) in [6, 6.07) is 4.02. The molecule has 0 amide bonds. The Morgan fingerprint density at radius 2 is 2.29 bits per heavy atom. The lowest BCUT2D eigenvalue weighted by Gasteiger charge is -2.25. The maximum absolute atomic E-state index is 13.8. The topological polar surface area (TPSA) is 12.0 Å². The molecule has 1 aliphatic rings. The van der Waals surface area contributed by atoms with Crippen LogP contribution in [-0.4, -0.2) is 19.3 Å². The van der Waals surface area contributed by atoms with Gasteiger partial charge in [-0.25, -0.2) is 4.39 Å². The Balaban J connectivity index is 1.85. The minimum absolute atomic E-state index is 0.276. The minimum atomic E-state index is -0.643. The molecule has 1 N–H and O–H groups in total. The number of alkyl halides is 1. The van der Waals surface area contributed by atoms with E-state index in [1.54, 1.807) is 11.3 Å². The molecule has 0 saturated carbocycles. The van der Waals surface area contributed by atoms with Crippen LogP contribution in [0.4, 0.5) is 4.39 Å². The highest BCUT2D eigenvalue weighted by molar-refractivity contribution is 7.09. The van der Waals surface area contributed by atoms with Crippen LogP contribution in [0.5, 0.6) is 0 Å². The summed E-state index contributed by atoms with van der Waals surface area (Å²) in [5.41, 5.74) is 0. The normalized spacial score (nSPS) is 20.9. The second-order valence-electron chi connectivity index (χ2n) is 3.89. The average Bonchev–Trinajstić information content (AvgIpc) is 2.72. The molecule has 1 atom stereocenters. The Morgan fingerprint density at radius 3 is 2.93 bits per heavy atom. The maximum atomic E-state index is 13.8. The Hall–Kier alpha value is -0.410. The molecule has 1 aromatic rings. The fourth-order valence-corrected chi connectivity index (χ4v) is 2.74. The predicted molar refractivity (Wildman–Crippen MR) is 58.5 cm³/mol. The summed E-state index contributed by atoms with van der Waals surface area (Å²) in [4.78, 5) is 1.18. The first-order valence-corrected chi connectivity index (χ1v) is 6.11. The molecule has 0 aromatic carbocycles. The third-order valence-corrected chi connectivity index (χ3v) is 3.77. The van der Waals surface area contributed by atoms with Crippen molar-refractivity contribution in [2.75, 3.05) is 13.1 Å². The lowest BCUT2D eigenvalue weighted by atomic mass is 9.91. The van der Waals surface area contributed by atoms with Gasteiger partial charge in [0.15, 0.2) is 0 Å². The van der Waals surface area contributed by atoms with Crippen LogP contribution in [0.1, 0.15) is 17.7 Å². The van der Waals surface area contributed by atoms with Gasteiger partial charge < -0.3 is 5.32 Å². The molecule has 78 valence electrons. The fourth-order valence-electron chi connectivity index (χ4n) is 1.99. The number of nitrogens with one attached hydrogen (secondary N) is 1. The van der Waals surface area contributed by atoms with Crippen LogP contribution >= 0.6 is 11.3 Å². The highest BCUT2D eigenvalue weighted by Crippen LogP contribution is 2.23. The molecular weight excluding hydrogens is 197 g/mol. The summed E-state index contributed by atoms with van der Waals surface area (Å²) < 4.78 is 13.8. The highest BCUT2D eigenvalue weighted by atomic mass is 32.1. The zero-order valence-electron chi connectivity index (χ0n) is 8.21. The number of piperidine rings is 1. The van der Waals surface area contributed by atoms with Gasteiger partial charge in [0.1, 0.15) is 6.17 Å². The lowest BCUT2D eigenvalue weighted by molar-refractivity contribution is 0.188. The molecule has 14 heavy (non-hydrogen) atoms. The van der Waals surface area contributed by atoms with E-state index in [4.69, 9.17) is 0 Å². The minimum Gasteiger partial charge on any atom is -0.317 e. The Morgan fingerprint density at radius 1 is 1.50 bits per heavy atom. The molecule has 0 radical (unpaired) electrons. The van der Waals surface area contributed by atoms with Crippen LogP contribution < -0.4 is 5.32 Å². The van der Waals surface area contributed by atoms with E-state index >= 15 is 0 Å². The standard InChI is InChI=1S/C11H16FNS/c12-11(8-10-2-1-7-14-10)9-3-5-13-6-4-9/h1-2,7,9,11,13H,3-6,8H2. The summed E-state index contributed by atoms with van der Waals surface area (Å²) in [6.07, 6.45) is 1.96. The molecule has 1 unspecified atom stereocenters. The second kappa shape index (κ2) is 4.89. The van der Waals surface area contributed by atoms with E-state index in [9.17, 15) is 4.39 Å². The molecule has 3 heteroatoms. The van der Waals surface area contributed by atoms with Crippen molar-refractivity contribution in [3.05, 3.63) is 22.4 Å². The van der Waals surface area contributed by atoms with E-state index in [0.29, 0.717) is 6.42 Å². The first-order chi connectivity index (χ1) is 6.86.